The summed E-state index contributed by atoms with van der Waals surface area (Å²) in [7, 11) is 3.07. The summed E-state index contributed by atoms with van der Waals surface area (Å²) >= 11 is 0. The Balaban J connectivity index is 1.73. The number of fused-ring (bicyclic) bond motifs is 1. The Kier molecular flexibility index (Phi) is 6.23. The minimum absolute atomic E-state index is 0.152. The van der Waals surface area contributed by atoms with Crippen LogP contribution in [0.5, 0.6) is 5.75 Å². The molecule has 0 saturated heterocycles. The van der Waals surface area contributed by atoms with Crippen molar-refractivity contribution in [2.45, 2.75) is 13.5 Å². The molecule has 0 atom stereocenters. The van der Waals surface area contributed by atoms with E-state index in [9.17, 15) is 4.79 Å². The van der Waals surface area contributed by atoms with Crippen LogP contribution in [0.15, 0.2) is 47.0 Å². The molecule has 0 saturated carbocycles. The maximum atomic E-state index is 12.6. The quantitative estimate of drug-likeness (QED) is 0.399. The van der Waals surface area contributed by atoms with E-state index in [2.05, 4.69) is 26.7 Å². The number of dihydropyridines is 1. The van der Waals surface area contributed by atoms with Crippen molar-refractivity contribution in [3.05, 3.63) is 53.1 Å². The molecule has 3 heterocycles. The van der Waals surface area contributed by atoms with Crippen LogP contribution in [0.1, 0.15) is 23.0 Å². The van der Waals surface area contributed by atoms with Gasteiger partial charge in [-0.2, -0.15) is 0 Å². The van der Waals surface area contributed by atoms with Crippen molar-refractivity contribution in [3.63, 3.8) is 0 Å². The number of rotatable bonds is 7. The number of methoxy groups -OCH3 is 1. The third kappa shape index (κ3) is 4.21. The van der Waals surface area contributed by atoms with Crippen molar-refractivity contribution in [1.29, 1.82) is 0 Å². The lowest BCUT2D eigenvalue weighted by molar-refractivity contribution is 0.0520. The summed E-state index contributed by atoms with van der Waals surface area (Å²) < 4.78 is 17.9. The van der Waals surface area contributed by atoms with Crippen LogP contribution >= 0.6 is 0 Å². The molecule has 1 aromatic carbocycles. The Labute approximate surface area is 184 Å². The van der Waals surface area contributed by atoms with E-state index in [1.807, 2.05) is 30.4 Å². The fourth-order valence-corrected chi connectivity index (χ4v) is 3.46. The zero-order chi connectivity index (χ0) is 22.5. The minimum Gasteiger partial charge on any atom is -0.487 e. The van der Waals surface area contributed by atoms with Gasteiger partial charge in [-0.1, -0.05) is 17.4 Å². The van der Waals surface area contributed by atoms with Crippen LogP contribution in [-0.4, -0.2) is 60.8 Å². The Hall–Kier alpha value is -4.04. The van der Waals surface area contributed by atoms with E-state index in [1.165, 1.54) is 7.11 Å². The normalized spacial score (nSPS) is 14.3. The number of carbonyl (C=O) groups is 1. The highest BCUT2D eigenvalue weighted by atomic mass is 16.6. The van der Waals surface area contributed by atoms with E-state index in [1.54, 1.807) is 18.7 Å². The van der Waals surface area contributed by atoms with Crippen LogP contribution in [0.2, 0.25) is 0 Å². The maximum Gasteiger partial charge on any atom is 0.361 e. The van der Waals surface area contributed by atoms with E-state index in [-0.39, 0.29) is 12.3 Å². The minimum atomic E-state index is -0.528. The predicted octanol–water partition coefficient (Wildman–Crippen LogP) is 2.15. The van der Waals surface area contributed by atoms with Crippen molar-refractivity contribution in [2.75, 3.05) is 34.0 Å². The van der Waals surface area contributed by atoms with Gasteiger partial charge >= 0.3 is 5.97 Å². The SMILES string of the molecule is CCOC(=O)c1nnn(CC2=CC=C(OC)NC2)c1-c1ccc2c(c1)OCC2=C=NOC. The summed E-state index contributed by atoms with van der Waals surface area (Å²) in [6, 6.07) is 5.63. The highest BCUT2D eigenvalue weighted by Crippen LogP contribution is 2.36. The Morgan fingerprint density at radius 3 is 2.94 bits per heavy atom. The molecule has 0 bridgehead atoms. The lowest BCUT2D eigenvalue weighted by Crippen LogP contribution is -2.23. The first kappa shape index (κ1) is 21.2. The van der Waals surface area contributed by atoms with Gasteiger partial charge in [0.25, 0.3) is 0 Å². The van der Waals surface area contributed by atoms with Crippen molar-refractivity contribution < 1.29 is 23.8 Å². The molecule has 0 amide bonds. The summed E-state index contributed by atoms with van der Waals surface area (Å²) in [4.78, 5) is 17.3. The van der Waals surface area contributed by atoms with E-state index >= 15 is 0 Å². The molecule has 2 aliphatic rings. The summed E-state index contributed by atoms with van der Waals surface area (Å²) in [5, 5.41) is 15.2. The molecule has 0 radical (unpaired) electrons. The van der Waals surface area contributed by atoms with Crippen LogP contribution in [-0.2, 0) is 20.9 Å². The van der Waals surface area contributed by atoms with Crippen LogP contribution in [0, 0.1) is 0 Å². The van der Waals surface area contributed by atoms with Crippen molar-refractivity contribution in [1.82, 2.24) is 20.3 Å². The fraction of sp³-hybridized carbons (Fsp3) is 0.318. The van der Waals surface area contributed by atoms with E-state index < -0.39 is 5.97 Å². The van der Waals surface area contributed by atoms with Crippen LogP contribution in [0.25, 0.3) is 16.8 Å². The van der Waals surface area contributed by atoms with Gasteiger partial charge in [-0.25, -0.2) is 9.48 Å². The fourth-order valence-electron chi connectivity index (χ4n) is 3.46. The molecule has 2 aromatic rings. The third-order valence-corrected chi connectivity index (χ3v) is 4.96. The molecule has 0 spiro atoms. The highest BCUT2D eigenvalue weighted by molar-refractivity contribution is 5.96. The van der Waals surface area contributed by atoms with Gasteiger partial charge in [0.15, 0.2) is 11.6 Å². The van der Waals surface area contributed by atoms with Crippen LogP contribution < -0.4 is 10.1 Å². The van der Waals surface area contributed by atoms with Crippen molar-refractivity contribution in [3.8, 4) is 17.0 Å². The van der Waals surface area contributed by atoms with Crippen molar-refractivity contribution in [2.24, 2.45) is 5.16 Å². The number of hydrogen-bond donors (Lipinski definition) is 1. The van der Waals surface area contributed by atoms with Gasteiger partial charge in [-0.15, -0.1) is 5.10 Å². The van der Waals surface area contributed by atoms with Gasteiger partial charge in [0.2, 0.25) is 0 Å². The zero-order valence-electron chi connectivity index (χ0n) is 18.0. The molecule has 4 rings (SSSR count). The van der Waals surface area contributed by atoms with Gasteiger partial charge < -0.3 is 24.4 Å². The van der Waals surface area contributed by atoms with E-state index in [0.717, 1.165) is 22.3 Å². The average molecular weight is 437 g/mol. The average Bonchev–Trinajstić information content (AvgIpc) is 3.42. The first-order chi connectivity index (χ1) is 15.6. The molecule has 32 heavy (non-hydrogen) atoms. The maximum absolute atomic E-state index is 12.6. The number of aromatic nitrogens is 3. The molecule has 0 unspecified atom stereocenters. The molecule has 10 nitrogen and oxygen atoms in total. The number of nitrogens with one attached hydrogen (secondary N) is 1. The number of esters is 1. The second-order valence-corrected chi connectivity index (χ2v) is 6.94. The molecule has 0 fully saturated rings. The topological polar surface area (TPSA) is 109 Å². The monoisotopic (exact) mass is 437 g/mol. The van der Waals surface area contributed by atoms with Gasteiger partial charge in [0, 0.05) is 23.5 Å². The van der Waals surface area contributed by atoms with Gasteiger partial charge in [-0.05, 0) is 35.9 Å². The molecular formula is C22H23N5O5. The number of benzene rings is 1. The van der Waals surface area contributed by atoms with E-state index in [0.29, 0.717) is 37.0 Å². The first-order valence-corrected chi connectivity index (χ1v) is 10.1. The summed E-state index contributed by atoms with van der Waals surface area (Å²) in [5.41, 5.74) is 4.14. The summed E-state index contributed by atoms with van der Waals surface area (Å²) in [6.07, 6.45) is 3.81. The molecular weight excluding hydrogens is 414 g/mol. The van der Waals surface area contributed by atoms with Gasteiger partial charge in [-0.3, -0.25) is 0 Å². The van der Waals surface area contributed by atoms with Crippen LogP contribution in [0.3, 0.4) is 0 Å². The first-order valence-electron chi connectivity index (χ1n) is 10.1. The lowest BCUT2D eigenvalue weighted by atomic mass is 10.0. The number of nitrogens with zero attached hydrogens (tertiary/aromatic N) is 4. The second-order valence-electron chi connectivity index (χ2n) is 6.94. The van der Waals surface area contributed by atoms with Gasteiger partial charge in [0.05, 0.1) is 25.8 Å². The Morgan fingerprint density at radius 2 is 2.22 bits per heavy atom. The smallest absolute Gasteiger partial charge is 0.361 e. The predicted molar refractivity (Wildman–Crippen MR) is 116 cm³/mol. The number of carbonyl (C=O) groups excluding carboxylic acids is 1. The molecule has 1 aromatic heterocycles. The number of ether oxygens (including phenoxy) is 3. The summed E-state index contributed by atoms with van der Waals surface area (Å²) in [5.74, 6) is 3.64. The Morgan fingerprint density at radius 1 is 1.34 bits per heavy atom. The standard InChI is InChI=1S/C22H23N5O5/c1-4-31-22(28)20-21(27(26-25-20)12-14-5-8-19(29-2)23-10-14)15-6-7-17-16(11-24-30-3)13-32-18(17)9-15/h5-9,23H,4,10,12-13H2,1-3H3. The van der Waals surface area contributed by atoms with Gasteiger partial charge in [0.1, 0.15) is 25.2 Å². The third-order valence-electron chi connectivity index (χ3n) is 4.96. The second kappa shape index (κ2) is 9.40. The van der Waals surface area contributed by atoms with Crippen LogP contribution in [0.4, 0.5) is 0 Å². The Bertz CT molecular complexity index is 1160. The molecule has 10 heteroatoms. The van der Waals surface area contributed by atoms with Crippen molar-refractivity contribution >= 4 is 17.4 Å². The molecule has 0 aliphatic carbocycles. The molecule has 1 N–H and O–H groups in total. The molecule has 166 valence electrons. The molecule has 2 aliphatic heterocycles. The largest absolute Gasteiger partial charge is 0.487 e. The highest BCUT2D eigenvalue weighted by Gasteiger charge is 2.26. The summed E-state index contributed by atoms with van der Waals surface area (Å²) in [6.45, 7) is 3.35. The number of hydrogen-bond acceptors (Lipinski definition) is 9. The number of allylic oxidation sites excluding steroid dienone is 2. The zero-order valence-corrected chi connectivity index (χ0v) is 18.0. The lowest BCUT2D eigenvalue weighted by Gasteiger charge is -2.17. The van der Waals surface area contributed by atoms with E-state index in [4.69, 9.17) is 19.0 Å².